The maximum absolute atomic E-state index is 12.9. The Kier molecular flexibility index (Phi) is 5.30. The number of nitrogens with zero attached hydrogens (tertiary/aromatic N) is 2. The highest BCUT2D eigenvalue weighted by atomic mass is 16.5. The van der Waals surface area contributed by atoms with E-state index in [0.717, 1.165) is 42.5 Å². The first-order valence-electron chi connectivity index (χ1n) is 9.71. The summed E-state index contributed by atoms with van der Waals surface area (Å²) in [4.78, 5) is 17.4. The second-order valence-corrected chi connectivity index (χ2v) is 7.32. The van der Waals surface area contributed by atoms with Crippen molar-refractivity contribution in [3.63, 3.8) is 0 Å². The number of aromatic nitrogens is 2. The van der Waals surface area contributed by atoms with Crippen LogP contribution in [0.1, 0.15) is 41.6 Å². The summed E-state index contributed by atoms with van der Waals surface area (Å²) in [6, 6.07) is 11.5. The molecule has 1 aromatic carbocycles. The largest absolute Gasteiger partial charge is 0.497 e. The number of methoxy groups -OCH3 is 1. The Bertz CT molecular complexity index is 965. The molecule has 0 saturated heterocycles. The highest BCUT2D eigenvalue weighted by Gasteiger charge is 2.26. The van der Waals surface area contributed by atoms with Crippen LogP contribution in [0.2, 0.25) is 0 Å². The van der Waals surface area contributed by atoms with Crippen LogP contribution in [0.25, 0.3) is 11.0 Å². The van der Waals surface area contributed by atoms with E-state index >= 15 is 0 Å². The zero-order valence-corrected chi connectivity index (χ0v) is 16.0. The Hall–Kier alpha value is -2.86. The Morgan fingerprint density at radius 2 is 2.04 bits per heavy atom. The number of carbonyl (C=O) groups excluding carboxylic acids is 1. The van der Waals surface area contributed by atoms with Gasteiger partial charge in [0.2, 0.25) is 0 Å². The van der Waals surface area contributed by atoms with Crippen LogP contribution < -0.4 is 10.1 Å². The quantitative estimate of drug-likeness (QED) is 0.714. The third-order valence-corrected chi connectivity index (χ3v) is 5.44. The van der Waals surface area contributed by atoms with E-state index in [4.69, 9.17) is 4.74 Å². The third-order valence-electron chi connectivity index (χ3n) is 5.44. The molecule has 0 bridgehead atoms. The molecule has 1 saturated carbocycles. The molecule has 28 heavy (non-hydrogen) atoms. The average molecular weight is 379 g/mol. The molecule has 0 radical (unpaired) electrons. The SMILES string of the molecule is COc1ccc(Cn2cc(C(=O)N[C@H]3CCCCC3O)c3ncccc32)cc1. The van der Waals surface area contributed by atoms with Crippen molar-refractivity contribution in [3.05, 3.63) is 59.9 Å². The summed E-state index contributed by atoms with van der Waals surface area (Å²) in [5, 5.41) is 13.2. The van der Waals surface area contributed by atoms with E-state index in [1.54, 1.807) is 13.3 Å². The van der Waals surface area contributed by atoms with E-state index in [1.165, 1.54) is 0 Å². The van der Waals surface area contributed by atoms with Gasteiger partial charge in [-0.15, -0.1) is 0 Å². The summed E-state index contributed by atoms with van der Waals surface area (Å²) in [5.41, 5.74) is 3.24. The van der Waals surface area contributed by atoms with Crippen molar-refractivity contribution in [2.24, 2.45) is 0 Å². The van der Waals surface area contributed by atoms with Gasteiger partial charge in [0.25, 0.3) is 5.91 Å². The zero-order valence-electron chi connectivity index (χ0n) is 16.0. The molecule has 2 heterocycles. The number of carbonyl (C=O) groups is 1. The number of benzene rings is 1. The summed E-state index contributed by atoms with van der Waals surface area (Å²) in [6.45, 7) is 0.630. The van der Waals surface area contributed by atoms with Gasteiger partial charge in [0.15, 0.2) is 0 Å². The lowest BCUT2D eigenvalue weighted by atomic mass is 9.92. The van der Waals surface area contributed by atoms with Crippen LogP contribution in [0, 0.1) is 0 Å². The first kappa shape index (κ1) is 18.5. The van der Waals surface area contributed by atoms with Crippen LogP contribution >= 0.6 is 0 Å². The van der Waals surface area contributed by atoms with Gasteiger partial charge in [-0.2, -0.15) is 0 Å². The van der Waals surface area contributed by atoms with Gasteiger partial charge in [0.05, 0.1) is 30.3 Å². The predicted octanol–water partition coefficient (Wildman–Crippen LogP) is 3.13. The summed E-state index contributed by atoms with van der Waals surface area (Å²) < 4.78 is 7.25. The average Bonchev–Trinajstić information content (AvgIpc) is 3.09. The molecule has 2 aromatic heterocycles. The van der Waals surface area contributed by atoms with Gasteiger partial charge >= 0.3 is 0 Å². The van der Waals surface area contributed by atoms with E-state index in [0.29, 0.717) is 17.6 Å². The highest BCUT2D eigenvalue weighted by molar-refractivity contribution is 6.05. The van der Waals surface area contributed by atoms with Crippen molar-refractivity contribution in [2.75, 3.05) is 7.11 Å². The van der Waals surface area contributed by atoms with Gasteiger partial charge in [-0.05, 0) is 42.7 Å². The van der Waals surface area contributed by atoms with Crippen molar-refractivity contribution in [3.8, 4) is 5.75 Å². The number of pyridine rings is 1. The maximum atomic E-state index is 12.9. The van der Waals surface area contributed by atoms with Gasteiger partial charge in [-0.3, -0.25) is 9.78 Å². The van der Waals surface area contributed by atoms with Crippen molar-refractivity contribution < 1.29 is 14.6 Å². The Balaban J connectivity index is 1.61. The molecule has 1 fully saturated rings. The topological polar surface area (TPSA) is 76.4 Å². The molecule has 2 N–H and O–H groups in total. The fourth-order valence-corrected chi connectivity index (χ4v) is 3.87. The molecule has 1 unspecified atom stereocenters. The molecule has 0 aliphatic heterocycles. The number of hydrogen-bond donors (Lipinski definition) is 2. The number of rotatable bonds is 5. The lowest BCUT2D eigenvalue weighted by Crippen LogP contribution is -2.45. The number of nitrogens with one attached hydrogen (secondary N) is 1. The van der Waals surface area contributed by atoms with E-state index in [-0.39, 0.29) is 11.9 Å². The number of aliphatic hydroxyl groups is 1. The van der Waals surface area contributed by atoms with E-state index < -0.39 is 6.10 Å². The predicted molar refractivity (Wildman–Crippen MR) is 108 cm³/mol. The van der Waals surface area contributed by atoms with Crippen LogP contribution in [0.3, 0.4) is 0 Å². The molecule has 1 amide bonds. The second-order valence-electron chi connectivity index (χ2n) is 7.32. The third kappa shape index (κ3) is 3.73. The maximum Gasteiger partial charge on any atom is 0.255 e. The minimum Gasteiger partial charge on any atom is -0.497 e. The van der Waals surface area contributed by atoms with Crippen LogP contribution in [0.15, 0.2) is 48.8 Å². The van der Waals surface area contributed by atoms with Crippen LogP contribution in [-0.2, 0) is 6.54 Å². The molecule has 4 rings (SSSR count). The molecule has 3 aromatic rings. The van der Waals surface area contributed by atoms with E-state index in [9.17, 15) is 9.90 Å². The van der Waals surface area contributed by atoms with Crippen molar-refractivity contribution in [1.29, 1.82) is 0 Å². The van der Waals surface area contributed by atoms with Crippen molar-refractivity contribution in [1.82, 2.24) is 14.9 Å². The number of ether oxygens (including phenoxy) is 1. The molecule has 1 aliphatic carbocycles. The normalized spacial score (nSPS) is 19.5. The van der Waals surface area contributed by atoms with Gasteiger partial charge in [0, 0.05) is 18.9 Å². The number of hydrogen-bond acceptors (Lipinski definition) is 4. The number of aliphatic hydroxyl groups excluding tert-OH is 1. The smallest absolute Gasteiger partial charge is 0.255 e. The summed E-state index contributed by atoms with van der Waals surface area (Å²) >= 11 is 0. The summed E-state index contributed by atoms with van der Waals surface area (Å²) in [7, 11) is 1.65. The molecular formula is C22H25N3O3. The van der Waals surface area contributed by atoms with Gasteiger partial charge in [0.1, 0.15) is 11.3 Å². The van der Waals surface area contributed by atoms with Crippen molar-refractivity contribution in [2.45, 2.75) is 44.4 Å². The summed E-state index contributed by atoms with van der Waals surface area (Å²) in [5.74, 6) is 0.636. The minimum atomic E-state index is -0.474. The molecular weight excluding hydrogens is 354 g/mol. The Morgan fingerprint density at radius 1 is 1.25 bits per heavy atom. The van der Waals surface area contributed by atoms with Crippen LogP contribution in [0.4, 0.5) is 0 Å². The number of fused-ring (bicyclic) bond motifs is 1. The molecule has 1 aliphatic rings. The van der Waals surface area contributed by atoms with Crippen LogP contribution in [0.5, 0.6) is 5.75 Å². The first-order valence-corrected chi connectivity index (χ1v) is 9.71. The van der Waals surface area contributed by atoms with Gasteiger partial charge in [-0.25, -0.2) is 0 Å². The fraction of sp³-hybridized carbons (Fsp3) is 0.364. The van der Waals surface area contributed by atoms with Crippen molar-refractivity contribution >= 4 is 16.9 Å². The molecule has 146 valence electrons. The Labute approximate surface area is 164 Å². The zero-order chi connectivity index (χ0) is 19.5. The highest BCUT2D eigenvalue weighted by Crippen LogP contribution is 2.23. The summed E-state index contributed by atoms with van der Waals surface area (Å²) in [6.07, 6.45) is 6.67. The minimum absolute atomic E-state index is 0.178. The lowest BCUT2D eigenvalue weighted by molar-refractivity contribution is 0.0718. The first-order chi connectivity index (χ1) is 13.7. The lowest BCUT2D eigenvalue weighted by Gasteiger charge is -2.28. The molecule has 6 heteroatoms. The Morgan fingerprint density at radius 3 is 2.79 bits per heavy atom. The number of amides is 1. The van der Waals surface area contributed by atoms with E-state index in [1.807, 2.05) is 47.2 Å². The second kappa shape index (κ2) is 8.02. The molecule has 2 atom stereocenters. The van der Waals surface area contributed by atoms with Crippen LogP contribution in [-0.4, -0.2) is 39.8 Å². The molecule has 6 nitrogen and oxygen atoms in total. The fourth-order valence-electron chi connectivity index (χ4n) is 3.87. The standard InChI is InChI=1S/C22H25N3O3/c1-28-16-10-8-15(9-11-16)13-25-14-17(21-19(25)6-4-12-23-21)22(27)24-18-5-2-3-7-20(18)26/h4,6,8-12,14,18,20,26H,2-3,5,7,13H2,1H3,(H,24,27)/t18-,20?/m0/s1. The van der Waals surface area contributed by atoms with Gasteiger partial charge < -0.3 is 19.7 Å². The monoisotopic (exact) mass is 379 g/mol. The van der Waals surface area contributed by atoms with E-state index in [2.05, 4.69) is 10.3 Å². The molecule has 0 spiro atoms. The van der Waals surface area contributed by atoms with Gasteiger partial charge in [-0.1, -0.05) is 25.0 Å².